The summed E-state index contributed by atoms with van der Waals surface area (Å²) >= 11 is 6.16. The molecule has 3 heteroatoms. The summed E-state index contributed by atoms with van der Waals surface area (Å²) in [5.41, 5.74) is 1.53. The van der Waals surface area contributed by atoms with Crippen molar-refractivity contribution < 1.29 is 0 Å². The Morgan fingerprint density at radius 2 is 2.33 bits per heavy atom. The molecule has 60 valence electrons. The maximum Gasteiger partial charge on any atom is 0.0996 e. The van der Waals surface area contributed by atoms with Crippen molar-refractivity contribution in [3.05, 3.63) is 29.6 Å². The second-order valence-electron chi connectivity index (χ2n) is 3.00. The van der Waals surface area contributed by atoms with Crippen molar-refractivity contribution in [2.45, 2.75) is 17.7 Å². The Kier molecular flexibility index (Phi) is 1.55. The summed E-state index contributed by atoms with van der Waals surface area (Å²) in [6.07, 6.45) is 5.22. The molecule has 1 aromatic heterocycles. The molecule has 2 nitrogen and oxygen atoms in total. The molecule has 1 aromatic rings. The number of pyridine rings is 1. The van der Waals surface area contributed by atoms with Crippen LogP contribution in [-0.2, 0) is 4.87 Å². The SMILES string of the molecule is N#Cc1ccncc1C1(Cl)CC1. The van der Waals surface area contributed by atoms with Crippen LogP contribution in [0.1, 0.15) is 24.0 Å². The van der Waals surface area contributed by atoms with Crippen molar-refractivity contribution >= 4 is 11.6 Å². The average Bonchev–Trinajstić information content (AvgIpc) is 2.85. The van der Waals surface area contributed by atoms with Gasteiger partial charge in [-0.2, -0.15) is 5.26 Å². The lowest BCUT2D eigenvalue weighted by Gasteiger charge is -2.06. The van der Waals surface area contributed by atoms with Gasteiger partial charge in [0.05, 0.1) is 16.5 Å². The fourth-order valence-electron chi connectivity index (χ4n) is 1.23. The molecule has 1 saturated carbocycles. The molecular formula is C9H7ClN2. The maximum atomic E-state index is 8.77. The molecule has 1 fully saturated rings. The van der Waals surface area contributed by atoms with E-state index in [2.05, 4.69) is 11.1 Å². The molecule has 0 bridgehead atoms. The predicted molar refractivity (Wildman–Crippen MR) is 45.7 cm³/mol. The Morgan fingerprint density at radius 1 is 1.58 bits per heavy atom. The minimum Gasteiger partial charge on any atom is -0.264 e. The van der Waals surface area contributed by atoms with Gasteiger partial charge in [0.2, 0.25) is 0 Å². The van der Waals surface area contributed by atoms with Crippen molar-refractivity contribution in [1.82, 2.24) is 4.98 Å². The average molecular weight is 179 g/mol. The van der Waals surface area contributed by atoms with Crippen molar-refractivity contribution in [1.29, 1.82) is 5.26 Å². The fraction of sp³-hybridized carbons (Fsp3) is 0.333. The van der Waals surface area contributed by atoms with Gasteiger partial charge in [-0.05, 0) is 18.9 Å². The molecule has 0 saturated heterocycles. The summed E-state index contributed by atoms with van der Waals surface area (Å²) in [5.74, 6) is 0. The monoisotopic (exact) mass is 178 g/mol. The van der Waals surface area contributed by atoms with Gasteiger partial charge in [0.25, 0.3) is 0 Å². The highest BCUT2D eigenvalue weighted by molar-refractivity contribution is 6.26. The van der Waals surface area contributed by atoms with E-state index < -0.39 is 0 Å². The van der Waals surface area contributed by atoms with E-state index in [1.807, 2.05) is 0 Å². The zero-order valence-electron chi connectivity index (χ0n) is 6.42. The van der Waals surface area contributed by atoms with Crippen LogP contribution in [0.5, 0.6) is 0 Å². The number of nitriles is 1. The van der Waals surface area contributed by atoms with E-state index in [9.17, 15) is 0 Å². The number of rotatable bonds is 1. The van der Waals surface area contributed by atoms with Gasteiger partial charge in [0.1, 0.15) is 0 Å². The van der Waals surface area contributed by atoms with E-state index >= 15 is 0 Å². The number of hydrogen-bond acceptors (Lipinski definition) is 2. The van der Waals surface area contributed by atoms with Crippen LogP contribution in [0.3, 0.4) is 0 Å². The van der Waals surface area contributed by atoms with E-state index in [0.717, 1.165) is 18.4 Å². The standard InChI is InChI=1S/C9H7ClN2/c10-9(2-3-9)8-6-12-4-1-7(8)5-11/h1,4,6H,2-3H2. The second-order valence-corrected chi connectivity index (χ2v) is 3.72. The lowest BCUT2D eigenvalue weighted by Crippen LogP contribution is -2.00. The molecule has 0 amide bonds. The summed E-state index contributed by atoms with van der Waals surface area (Å²) in [5, 5.41) is 8.77. The van der Waals surface area contributed by atoms with Crippen molar-refractivity contribution in [2.24, 2.45) is 0 Å². The number of nitrogens with zero attached hydrogens (tertiary/aromatic N) is 2. The lowest BCUT2D eigenvalue weighted by molar-refractivity contribution is 0.986. The van der Waals surface area contributed by atoms with Crippen molar-refractivity contribution in [3.8, 4) is 6.07 Å². The minimum atomic E-state index is -0.278. The Morgan fingerprint density at radius 3 is 2.92 bits per heavy atom. The summed E-state index contributed by atoms with van der Waals surface area (Å²) in [6, 6.07) is 3.82. The molecule has 0 spiro atoms. The third kappa shape index (κ3) is 1.07. The van der Waals surface area contributed by atoms with Gasteiger partial charge in [-0.1, -0.05) is 0 Å². The molecule has 1 aliphatic carbocycles. The summed E-state index contributed by atoms with van der Waals surface area (Å²) in [6.45, 7) is 0. The van der Waals surface area contributed by atoms with Gasteiger partial charge < -0.3 is 0 Å². The molecule has 0 unspecified atom stereocenters. The van der Waals surface area contributed by atoms with Crippen LogP contribution in [0.25, 0.3) is 0 Å². The topological polar surface area (TPSA) is 36.7 Å². The molecule has 0 aromatic carbocycles. The van der Waals surface area contributed by atoms with Crippen LogP contribution in [0.2, 0.25) is 0 Å². The maximum absolute atomic E-state index is 8.77. The number of alkyl halides is 1. The molecular weight excluding hydrogens is 172 g/mol. The summed E-state index contributed by atoms with van der Waals surface area (Å²) in [7, 11) is 0. The molecule has 0 atom stereocenters. The van der Waals surface area contributed by atoms with E-state index in [1.54, 1.807) is 18.5 Å². The quantitative estimate of drug-likeness (QED) is 0.618. The molecule has 12 heavy (non-hydrogen) atoms. The summed E-state index contributed by atoms with van der Waals surface area (Å²) in [4.78, 5) is 3.69. The Hall–Kier alpha value is -1.07. The highest BCUT2D eigenvalue weighted by Gasteiger charge is 2.44. The van der Waals surface area contributed by atoms with E-state index in [-0.39, 0.29) is 4.87 Å². The first kappa shape index (κ1) is 7.57. The zero-order chi connectivity index (χ0) is 8.60. The molecule has 0 N–H and O–H groups in total. The number of halogens is 1. The van der Waals surface area contributed by atoms with E-state index in [0.29, 0.717) is 5.56 Å². The minimum absolute atomic E-state index is 0.278. The van der Waals surface area contributed by atoms with Crippen molar-refractivity contribution in [2.75, 3.05) is 0 Å². The smallest absolute Gasteiger partial charge is 0.0996 e. The molecule has 2 rings (SSSR count). The van der Waals surface area contributed by atoms with Crippen molar-refractivity contribution in [3.63, 3.8) is 0 Å². The van der Waals surface area contributed by atoms with Gasteiger partial charge in [-0.15, -0.1) is 11.6 Å². The third-order valence-corrected chi connectivity index (χ3v) is 2.69. The highest BCUT2D eigenvalue weighted by atomic mass is 35.5. The Bertz CT molecular complexity index is 350. The predicted octanol–water partition coefficient (Wildman–Crippen LogP) is 2.18. The van der Waals surface area contributed by atoms with Crippen LogP contribution in [0.4, 0.5) is 0 Å². The van der Waals surface area contributed by atoms with E-state index in [1.165, 1.54) is 0 Å². The van der Waals surface area contributed by atoms with Gasteiger partial charge in [0.15, 0.2) is 0 Å². The molecule has 0 radical (unpaired) electrons. The first-order chi connectivity index (χ1) is 5.76. The number of hydrogen-bond donors (Lipinski definition) is 0. The number of aromatic nitrogens is 1. The van der Waals surface area contributed by atoms with Gasteiger partial charge >= 0.3 is 0 Å². The normalized spacial score (nSPS) is 18.3. The third-order valence-electron chi connectivity index (χ3n) is 2.11. The highest BCUT2D eigenvalue weighted by Crippen LogP contribution is 2.52. The van der Waals surface area contributed by atoms with Gasteiger partial charge in [-0.3, -0.25) is 4.98 Å². The van der Waals surface area contributed by atoms with Crippen LogP contribution < -0.4 is 0 Å². The fourth-order valence-corrected chi connectivity index (χ4v) is 1.47. The van der Waals surface area contributed by atoms with Gasteiger partial charge in [0, 0.05) is 18.0 Å². The second kappa shape index (κ2) is 2.46. The first-order valence-electron chi connectivity index (χ1n) is 3.80. The lowest BCUT2D eigenvalue weighted by atomic mass is 10.1. The summed E-state index contributed by atoms with van der Waals surface area (Å²) < 4.78 is 0. The molecule has 1 aliphatic rings. The van der Waals surface area contributed by atoms with Crippen LogP contribution >= 0.6 is 11.6 Å². The molecule has 0 aliphatic heterocycles. The van der Waals surface area contributed by atoms with Gasteiger partial charge in [-0.25, -0.2) is 0 Å². The van der Waals surface area contributed by atoms with E-state index in [4.69, 9.17) is 16.9 Å². The largest absolute Gasteiger partial charge is 0.264 e. The Labute approximate surface area is 75.8 Å². The first-order valence-corrected chi connectivity index (χ1v) is 4.17. The van der Waals surface area contributed by atoms with Crippen LogP contribution in [0.15, 0.2) is 18.5 Å². The zero-order valence-corrected chi connectivity index (χ0v) is 7.17. The molecule has 1 heterocycles. The van der Waals surface area contributed by atoms with Crippen LogP contribution in [0, 0.1) is 11.3 Å². The van der Waals surface area contributed by atoms with Crippen LogP contribution in [-0.4, -0.2) is 4.98 Å². The Balaban J connectivity index is 2.50.